The summed E-state index contributed by atoms with van der Waals surface area (Å²) >= 11 is 6.58. The van der Waals surface area contributed by atoms with Crippen LogP contribution in [-0.4, -0.2) is 12.4 Å². The highest BCUT2D eigenvalue weighted by molar-refractivity contribution is 9.10. The van der Waals surface area contributed by atoms with E-state index in [1.165, 1.54) is 6.26 Å². The molecule has 0 saturated carbocycles. The average molecular weight is 374 g/mol. The zero-order valence-electron chi connectivity index (χ0n) is 9.57. The van der Waals surface area contributed by atoms with Crippen LogP contribution in [0.15, 0.2) is 44.1 Å². The van der Waals surface area contributed by atoms with E-state index in [0.717, 1.165) is 5.75 Å². The van der Waals surface area contributed by atoms with Gasteiger partial charge in [-0.25, -0.2) is 0 Å². The maximum atomic E-state index is 12.3. The number of ketones is 1. The molecule has 1 aromatic heterocycles. The molecule has 18 heavy (non-hydrogen) atoms. The SMILES string of the molecule is CCOc1ccc(C(=O)c2ccoc2Br)c(Br)c1. The van der Waals surface area contributed by atoms with E-state index in [4.69, 9.17) is 9.15 Å². The summed E-state index contributed by atoms with van der Waals surface area (Å²) in [6.45, 7) is 2.50. The predicted octanol–water partition coefficient (Wildman–Crippen LogP) is 4.43. The number of furan rings is 1. The molecule has 0 radical (unpaired) electrons. The Morgan fingerprint density at radius 3 is 2.61 bits per heavy atom. The number of hydrogen-bond acceptors (Lipinski definition) is 3. The molecular formula is C13H10Br2O3. The Kier molecular flexibility index (Phi) is 4.24. The van der Waals surface area contributed by atoms with Gasteiger partial charge in [-0.3, -0.25) is 4.79 Å². The van der Waals surface area contributed by atoms with Crippen molar-refractivity contribution in [3.05, 3.63) is 50.8 Å². The lowest BCUT2D eigenvalue weighted by molar-refractivity contribution is 0.103. The molecule has 0 spiro atoms. The summed E-state index contributed by atoms with van der Waals surface area (Å²) in [7, 11) is 0. The van der Waals surface area contributed by atoms with E-state index in [2.05, 4.69) is 31.9 Å². The van der Waals surface area contributed by atoms with Gasteiger partial charge in [0.15, 0.2) is 10.5 Å². The number of rotatable bonds is 4. The molecule has 0 N–H and O–H groups in total. The minimum Gasteiger partial charge on any atom is -0.494 e. The number of carbonyl (C=O) groups excluding carboxylic acids is 1. The highest BCUT2D eigenvalue weighted by Gasteiger charge is 2.17. The van der Waals surface area contributed by atoms with Crippen molar-refractivity contribution in [3.63, 3.8) is 0 Å². The van der Waals surface area contributed by atoms with Crippen molar-refractivity contribution in [1.82, 2.24) is 0 Å². The van der Waals surface area contributed by atoms with Gasteiger partial charge in [0, 0.05) is 10.0 Å². The Morgan fingerprint density at radius 1 is 1.28 bits per heavy atom. The van der Waals surface area contributed by atoms with Crippen molar-refractivity contribution in [1.29, 1.82) is 0 Å². The van der Waals surface area contributed by atoms with Crippen LogP contribution in [0.4, 0.5) is 0 Å². The van der Waals surface area contributed by atoms with Crippen LogP contribution in [0.1, 0.15) is 22.8 Å². The van der Waals surface area contributed by atoms with Gasteiger partial charge in [0.2, 0.25) is 0 Å². The summed E-state index contributed by atoms with van der Waals surface area (Å²) in [5.41, 5.74) is 1.07. The van der Waals surface area contributed by atoms with Crippen molar-refractivity contribution in [2.75, 3.05) is 6.61 Å². The minimum absolute atomic E-state index is 0.106. The van der Waals surface area contributed by atoms with Gasteiger partial charge < -0.3 is 9.15 Å². The number of carbonyl (C=O) groups is 1. The molecule has 0 aliphatic heterocycles. The van der Waals surface area contributed by atoms with E-state index in [9.17, 15) is 4.79 Å². The fraction of sp³-hybridized carbons (Fsp3) is 0.154. The van der Waals surface area contributed by atoms with Crippen LogP contribution in [0, 0.1) is 0 Å². The first-order chi connectivity index (χ1) is 8.63. The molecule has 2 rings (SSSR count). The Labute approximate surface area is 121 Å². The highest BCUT2D eigenvalue weighted by atomic mass is 79.9. The lowest BCUT2D eigenvalue weighted by atomic mass is 10.1. The maximum absolute atomic E-state index is 12.3. The van der Waals surface area contributed by atoms with Crippen molar-refractivity contribution < 1.29 is 13.9 Å². The van der Waals surface area contributed by atoms with E-state index in [-0.39, 0.29) is 5.78 Å². The molecule has 0 aliphatic rings. The van der Waals surface area contributed by atoms with Crippen LogP contribution < -0.4 is 4.74 Å². The topological polar surface area (TPSA) is 39.4 Å². The molecule has 0 aliphatic carbocycles. The minimum atomic E-state index is -0.106. The average Bonchev–Trinajstić information content (AvgIpc) is 2.75. The van der Waals surface area contributed by atoms with Crippen LogP contribution in [0.2, 0.25) is 0 Å². The number of ether oxygens (including phenoxy) is 1. The zero-order chi connectivity index (χ0) is 13.1. The van der Waals surface area contributed by atoms with Gasteiger partial charge in [-0.1, -0.05) is 0 Å². The van der Waals surface area contributed by atoms with Gasteiger partial charge in [0.1, 0.15) is 5.75 Å². The number of hydrogen-bond donors (Lipinski definition) is 0. The van der Waals surface area contributed by atoms with E-state index in [0.29, 0.717) is 26.9 Å². The first-order valence-electron chi connectivity index (χ1n) is 5.33. The van der Waals surface area contributed by atoms with Crippen molar-refractivity contribution >= 4 is 37.6 Å². The van der Waals surface area contributed by atoms with Crippen molar-refractivity contribution in [3.8, 4) is 5.75 Å². The summed E-state index contributed by atoms with van der Waals surface area (Å²) in [6, 6.07) is 6.92. The third kappa shape index (κ3) is 2.67. The summed E-state index contributed by atoms with van der Waals surface area (Å²) in [5, 5.41) is 0. The smallest absolute Gasteiger partial charge is 0.198 e. The molecule has 1 aromatic carbocycles. The first-order valence-corrected chi connectivity index (χ1v) is 6.92. The Bertz CT molecular complexity index is 575. The van der Waals surface area contributed by atoms with E-state index in [1.807, 2.05) is 6.92 Å². The monoisotopic (exact) mass is 372 g/mol. The molecule has 3 nitrogen and oxygen atoms in total. The molecule has 0 saturated heterocycles. The Balaban J connectivity index is 2.34. The quantitative estimate of drug-likeness (QED) is 0.744. The van der Waals surface area contributed by atoms with Gasteiger partial charge in [0.25, 0.3) is 0 Å². The Hall–Kier alpha value is -1.07. The largest absolute Gasteiger partial charge is 0.494 e. The van der Waals surface area contributed by atoms with Crippen LogP contribution in [0.3, 0.4) is 0 Å². The molecule has 5 heteroatoms. The summed E-state index contributed by atoms with van der Waals surface area (Å²) in [4.78, 5) is 12.3. The fourth-order valence-electron chi connectivity index (χ4n) is 1.54. The van der Waals surface area contributed by atoms with Gasteiger partial charge in [-0.2, -0.15) is 0 Å². The second-order valence-electron chi connectivity index (χ2n) is 3.51. The third-order valence-corrected chi connectivity index (χ3v) is 3.63. The molecule has 0 bridgehead atoms. The highest BCUT2D eigenvalue weighted by Crippen LogP contribution is 2.28. The lowest BCUT2D eigenvalue weighted by Gasteiger charge is -2.06. The van der Waals surface area contributed by atoms with E-state index in [1.54, 1.807) is 24.3 Å². The van der Waals surface area contributed by atoms with Crippen LogP contribution in [0.5, 0.6) is 5.75 Å². The molecule has 0 fully saturated rings. The van der Waals surface area contributed by atoms with Crippen LogP contribution >= 0.6 is 31.9 Å². The predicted molar refractivity (Wildman–Crippen MR) is 75.2 cm³/mol. The standard InChI is InChI=1S/C13H10Br2O3/c1-2-17-8-3-4-9(11(14)7-8)12(16)10-5-6-18-13(10)15/h3-7H,2H2,1H3. The first kappa shape index (κ1) is 13.4. The second kappa shape index (κ2) is 5.71. The summed E-state index contributed by atoms with van der Waals surface area (Å²) < 4.78 is 11.6. The van der Waals surface area contributed by atoms with Gasteiger partial charge in [-0.15, -0.1) is 0 Å². The summed E-state index contributed by atoms with van der Waals surface area (Å²) in [6.07, 6.45) is 1.47. The van der Waals surface area contributed by atoms with E-state index >= 15 is 0 Å². The Morgan fingerprint density at radius 2 is 2.06 bits per heavy atom. The van der Waals surface area contributed by atoms with Gasteiger partial charge in [-0.05, 0) is 63.0 Å². The zero-order valence-corrected chi connectivity index (χ0v) is 12.7. The second-order valence-corrected chi connectivity index (χ2v) is 5.09. The molecule has 0 atom stereocenters. The van der Waals surface area contributed by atoms with Gasteiger partial charge >= 0.3 is 0 Å². The van der Waals surface area contributed by atoms with E-state index < -0.39 is 0 Å². The maximum Gasteiger partial charge on any atom is 0.198 e. The lowest BCUT2D eigenvalue weighted by Crippen LogP contribution is -2.02. The molecule has 1 heterocycles. The van der Waals surface area contributed by atoms with Crippen molar-refractivity contribution in [2.45, 2.75) is 6.92 Å². The molecule has 0 amide bonds. The van der Waals surface area contributed by atoms with Crippen LogP contribution in [-0.2, 0) is 0 Å². The fourth-order valence-corrected chi connectivity index (χ4v) is 2.50. The summed E-state index contributed by atoms with van der Waals surface area (Å²) in [5.74, 6) is 0.623. The molecular weight excluding hydrogens is 364 g/mol. The van der Waals surface area contributed by atoms with Crippen LogP contribution in [0.25, 0.3) is 0 Å². The third-order valence-electron chi connectivity index (χ3n) is 2.36. The molecule has 0 unspecified atom stereocenters. The molecule has 94 valence electrons. The number of halogens is 2. The normalized spacial score (nSPS) is 10.4. The molecule has 2 aromatic rings. The van der Waals surface area contributed by atoms with Gasteiger partial charge in [0.05, 0.1) is 18.4 Å². The number of benzene rings is 1. The van der Waals surface area contributed by atoms with Crippen molar-refractivity contribution in [2.24, 2.45) is 0 Å².